The largest absolute Gasteiger partial charge is 0.464 e. The van der Waals surface area contributed by atoms with Crippen molar-refractivity contribution in [3.63, 3.8) is 0 Å². The fourth-order valence-electron chi connectivity index (χ4n) is 2.67. The van der Waals surface area contributed by atoms with Gasteiger partial charge < -0.3 is 14.6 Å². The average molecular weight is 385 g/mol. The Hall–Kier alpha value is -3.00. The Morgan fingerprint density at radius 1 is 1.22 bits per heavy atom. The van der Waals surface area contributed by atoms with Gasteiger partial charge in [-0.3, -0.25) is 4.79 Å². The molecular formula is C19H19N3O4S. The lowest BCUT2D eigenvalue weighted by Gasteiger charge is -2.01. The van der Waals surface area contributed by atoms with Crippen molar-refractivity contribution in [3.8, 4) is 10.4 Å². The molecule has 0 bridgehead atoms. The molecule has 0 aliphatic carbocycles. The third kappa shape index (κ3) is 4.22. The number of methoxy groups -OCH3 is 1. The zero-order valence-corrected chi connectivity index (χ0v) is 16.1. The minimum absolute atomic E-state index is 0.190. The Labute approximate surface area is 160 Å². The normalized spacial score (nSPS) is 10.6. The van der Waals surface area contributed by atoms with E-state index in [9.17, 15) is 9.59 Å². The number of thiazole rings is 1. The number of esters is 1. The molecule has 1 amide bonds. The molecule has 0 saturated carbocycles. The molecule has 0 unspecified atom stereocenters. The highest BCUT2D eigenvalue weighted by Gasteiger charge is 2.21. The number of carbonyl (C=O) groups is 2. The van der Waals surface area contributed by atoms with Gasteiger partial charge in [-0.1, -0.05) is 46.8 Å². The van der Waals surface area contributed by atoms with Crippen molar-refractivity contribution < 1.29 is 18.8 Å². The number of benzene rings is 1. The van der Waals surface area contributed by atoms with E-state index in [4.69, 9.17) is 9.26 Å². The number of hydrogen-bond donors (Lipinski definition) is 1. The van der Waals surface area contributed by atoms with Gasteiger partial charge in [0.2, 0.25) is 5.91 Å². The maximum atomic E-state index is 12.3. The number of nitrogens with zero attached hydrogens (tertiary/aromatic N) is 2. The number of ether oxygens (including phenoxy) is 1. The second-order valence-electron chi connectivity index (χ2n) is 5.91. The van der Waals surface area contributed by atoms with Crippen molar-refractivity contribution in [2.24, 2.45) is 0 Å². The van der Waals surface area contributed by atoms with Crippen LogP contribution in [0, 0.1) is 13.8 Å². The second kappa shape index (κ2) is 8.13. The highest BCUT2D eigenvalue weighted by atomic mass is 32.1. The molecule has 2 aromatic heterocycles. The molecule has 1 aromatic carbocycles. The molecular weight excluding hydrogens is 366 g/mol. The minimum Gasteiger partial charge on any atom is -0.464 e. The van der Waals surface area contributed by atoms with Gasteiger partial charge in [-0.05, 0) is 25.8 Å². The van der Waals surface area contributed by atoms with Gasteiger partial charge in [0, 0.05) is 12.0 Å². The molecule has 7 nitrogen and oxygen atoms in total. The number of carbonyl (C=O) groups excluding carboxylic acids is 2. The van der Waals surface area contributed by atoms with E-state index in [0.717, 1.165) is 16.8 Å². The van der Waals surface area contributed by atoms with Crippen molar-refractivity contribution in [2.45, 2.75) is 26.7 Å². The predicted octanol–water partition coefficient (Wildman–Crippen LogP) is 3.77. The quantitative estimate of drug-likeness (QED) is 0.649. The van der Waals surface area contributed by atoms with Crippen LogP contribution in [0.4, 0.5) is 5.13 Å². The van der Waals surface area contributed by atoms with Crippen LogP contribution in [-0.2, 0) is 16.0 Å². The fraction of sp³-hybridized carbons (Fsp3) is 0.263. The van der Waals surface area contributed by atoms with Crippen molar-refractivity contribution in [3.05, 3.63) is 53.0 Å². The van der Waals surface area contributed by atoms with E-state index in [-0.39, 0.29) is 18.0 Å². The van der Waals surface area contributed by atoms with Gasteiger partial charge in [0.05, 0.1) is 17.7 Å². The Morgan fingerprint density at radius 3 is 2.59 bits per heavy atom. The monoisotopic (exact) mass is 385 g/mol. The molecule has 0 aliphatic rings. The molecule has 3 aromatic rings. The average Bonchev–Trinajstić information content (AvgIpc) is 3.23. The summed E-state index contributed by atoms with van der Waals surface area (Å²) < 4.78 is 9.92. The lowest BCUT2D eigenvalue weighted by Crippen LogP contribution is -2.13. The number of anilines is 1. The Morgan fingerprint density at radius 2 is 1.96 bits per heavy atom. The fourth-order valence-corrected chi connectivity index (χ4v) is 3.65. The summed E-state index contributed by atoms with van der Waals surface area (Å²) in [6.45, 7) is 3.67. The highest BCUT2D eigenvalue weighted by molar-refractivity contribution is 7.19. The van der Waals surface area contributed by atoms with Crippen LogP contribution in [0.2, 0.25) is 0 Å². The zero-order valence-electron chi connectivity index (χ0n) is 15.2. The molecule has 8 heteroatoms. The summed E-state index contributed by atoms with van der Waals surface area (Å²) in [5.74, 6) is -0.0185. The number of amides is 1. The van der Waals surface area contributed by atoms with Crippen LogP contribution >= 0.6 is 11.3 Å². The van der Waals surface area contributed by atoms with Crippen molar-refractivity contribution >= 4 is 28.3 Å². The van der Waals surface area contributed by atoms with Crippen LogP contribution in [0.15, 0.2) is 34.9 Å². The highest BCUT2D eigenvalue weighted by Crippen LogP contribution is 2.33. The molecule has 2 heterocycles. The molecule has 140 valence electrons. The van der Waals surface area contributed by atoms with Crippen molar-refractivity contribution in [1.29, 1.82) is 0 Å². The lowest BCUT2D eigenvalue weighted by molar-refractivity contribution is -0.116. The Kier molecular flexibility index (Phi) is 5.66. The van der Waals surface area contributed by atoms with Gasteiger partial charge in [0.25, 0.3) is 0 Å². The molecule has 0 atom stereocenters. The number of rotatable bonds is 6. The summed E-state index contributed by atoms with van der Waals surface area (Å²) in [6.07, 6.45) is 0.782. The summed E-state index contributed by atoms with van der Waals surface area (Å²) in [7, 11) is 1.30. The number of nitrogens with one attached hydrogen (secondary N) is 1. The molecule has 0 spiro atoms. The van der Waals surface area contributed by atoms with Gasteiger partial charge in [-0.2, -0.15) is 0 Å². The van der Waals surface area contributed by atoms with Gasteiger partial charge in [-0.15, -0.1) is 0 Å². The molecule has 1 N–H and O–H groups in total. The van der Waals surface area contributed by atoms with Crippen LogP contribution in [0.1, 0.15) is 33.9 Å². The van der Waals surface area contributed by atoms with Gasteiger partial charge in [0.1, 0.15) is 5.76 Å². The summed E-state index contributed by atoms with van der Waals surface area (Å²) in [5.41, 5.74) is 2.75. The summed E-state index contributed by atoms with van der Waals surface area (Å²) in [6, 6.07) is 9.39. The van der Waals surface area contributed by atoms with Crippen LogP contribution in [0.3, 0.4) is 0 Å². The lowest BCUT2D eigenvalue weighted by atomic mass is 10.1. The van der Waals surface area contributed by atoms with Crippen LogP contribution in [0.5, 0.6) is 0 Å². The molecule has 27 heavy (non-hydrogen) atoms. The first-order valence-electron chi connectivity index (χ1n) is 8.35. The van der Waals surface area contributed by atoms with E-state index < -0.39 is 5.97 Å². The topological polar surface area (TPSA) is 94.3 Å². The minimum atomic E-state index is -0.540. The molecule has 0 radical (unpaired) electrons. The van der Waals surface area contributed by atoms with E-state index >= 15 is 0 Å². The number of hydrogen-bond acceptors (Lipinski definition) is 7. The van der Waals surface area contributed by atoms with Gasteiger partial charge in [-0.25, -0.2) is 9.78 Å². The first-order chi connectivity index (χ1) is 13.0. The Balaban J connectivity index is 1.76. The third-order valence-electron chi connectivity index (χ3n) is 4.07. The standard InChI is InChI=1S/C19H19N3O4S/c1-11-14(12(2)26-22-11)9-10-15(23)20-19-21-16(18(24)25-3)17(27-19)13-7-5-4-6-8-13/h4-8H,9-10H2,1-3H3,(H,20,21,23). The van der Waals surface area contributed by atoms with Crippen LogP contribution in [0.25, 0.3) is 10.4 Å². The van der Waals surface area contributed by atoms with Crippen molar-refractivity contribution in [2.75, 3.05) is 12.4 Å². The Bertz CT molecular complexity index is 943. The van der Waals surface area contributed by atoms with E-state index in [1.165, 1.54) is 18.4 Å². The van der Waals surface area contributed by atoms with Crippen LogP contribution < -0.4 is 5.32 Å². The first-order valence-corrected chi connectivity index (χ1v) is 9.17. The molecule has 0 aliphatic heterocycles. The maximum Gasteiger partial charge on any atom is 0.358 e. The van der Waals surface area contributed by atoms with Gasteiger partial charge >= 0.3 is 5.97 Å². The molecule has 0 saturated heterocycles. The maximum absolute atomic E-state index is 12.3. The third-order valence-corrected chi connectivity index (χ3v) is 5.09. The van der Waals surface area contributed by atoms with E-state index in [2.05, 4.69) is 15.5 Å². The summed E-state index contributed by atoms with van der Waals surface area (Å²) in [4.78, 5) is 29.3. The van der Waals surface area contributed by atoms with E-state index in [1.54, 1.807) is 0 Å². The predicted molar refractivity (Wildman–Crippen MR) is 102 cm³/mol. The van der Waals surface area contributed by atoms with Crippen LogP contribution in [-0.4, -0.2) is 29.1 Å². The van der Waals surface area contributed by atoms with E-state index in [0.29, 0.717) is 22.2 Å². The van der Waals surface area contributed by atoms with Gasteiger partial charge in [0.15, 0.2) is 10.8 Å². The first kappa shape index (κ1) is 18.8. The van der Waals surface area contributed by atoms with E-state index in [1.807, 2.05) is 44.2 Å². The SMILES string of the molecule is COC(=O)c1nc(NC(=O)CCc2c(C)noc2C)sc1-c1ccccc1. The summed E-state index contributed by atoms with van der Waals surface area (Å²) in [5, 5.41) is 7.01. The zero-order chi connectivity index (χ0) is 19.4. The van der Waals surface area contributed by atoms with Crippen molar-refractivity contribution in [1.82, 2.24) is 10.1 Å². The smallest absolute Gasteiger partial charge is 0.358 e. The molecule has 3 rings (SSSR count). The molecule has 0 fully saturated rings. The second-order valence-corrected chi connectivity index (χ2v) is 6.90. The number of aromatic nitrogens is 2. The number of aryl methyl sites for hydroxylation is 2. The summed E-state index contributed by atoms with van der Waals surface area (Å²) >= 11 is 1.24.